The van der Waals surface area contributed by atoms with Crippen molar-refractivity contribution < 1.29 is 9.59 Å². The minimum absolute atomic E-state index is 0.306. The molecule has 0 atom stereocenters. The summed E-state index contributed by atoms with van der Waals surface area (Å²) in [6.07, 6.45) is 1.81. The number of amides is 1. The van der Waals surface area contributed by atoms with Crippen molar-refractivity contribution in [2.45, 2.75) is 6.54 Å². The Balaban J connectivity index is 1.99. The monoisotopic (exact) mass is 319 g/mol. The molecule has 0 radical (unpaired) electrons. The lowest BCUT2D eigenvalue weighted by atomic mass is 10.1. The maximum absolute atomic E-state index is 12.0. The molecule has 6 heteroatoms. The highest BCUT2D eigenvalue weighted by Crippen LogP contribution is 2.32. The van der Waals surface area contributed by atoms with Crippen LogP contribution in [0, 0.1) is 0 Å². The van der Waals surface area contributed by atoms with Gasteiger partial charge < -0.3 is 0 Å². The van der Waals surface area contributed by atoms with Gasteiger partial charge in [0.25, 0.3) is 11.7 Å². The van der Waals surface area contributed by atoms with Crippen LogP contribution in [0.3, 0.4) is 0 Å². The number of aryl methyl sites for hydroxylation is 1. The third-order valence-electron chi connectivity index (χ3n) is 3.02. The Bertz CT molecular complexity index is 693. The van der Waals surface area contributed by atoms with Crippen molar-refractivity contribution in [2.24, 2.45) is 7.05 Å². The first kappa shape index (κ1) is 12.1. The molecule has 0 fully saturated rings. The number of Topliss-reactive ketones (excluding diaryl/α,β-unsaturated/α-hetero) is 1. The molecule has 0 unspecified atom stereocenters. The Labute approximate surface area is 118 Å². The Kier molecular flexibility index (Phi) is 2.74. The first-order valence-electron chi connectivity index (χ1n) is 5.70. The first-order valence-corrected chi connectivity index (χ1v) is 6.50. The van der Waals surface area contributed by atoms with Crippen molar-refractivity contribution in [2.75, 3.05) is 4.90 Å². The fraction of sp³-hybridized carbons (Fsp3) is 0.154. The summed E-state index contributed by atoms with van der Waals surface area (Å²) in [5.74, 6) is -0.967. The zero-order chi connectivity index (χ0) is 13.6. The van der Waals surface area contributed by atoms with E-state index in [0.717, 1.165) is 10.2 Å². The quantitative estimate of drug-likeness (QED) is 0.794. The van der Waals surface area contributed by atoms with Crippen LogP contribution in [0.25, 0.3) is 0 Å². The third kappa shape index (κ3) is 1.98. The molecule has 0 saturated heterocycles. The predicted octanol–water partition coefficient (Wildman–Crippen LogP) is 1.91. The SMILES string of the molecule is Cn1ccc(CN2C(=O)C(=O)c3cc(Br)ccc32)n1. The number of carbonyl (C=O) groups excluding carboxylic acids is 2. The first-order chi connectivity index (χ1) is 9.06. The van der Waals surface area contributed by atoms with Gasteiger partial charge >= 0.3 is 0 Å². The van der Waals surface area contributed by atoms with Crippen molar-refractivity contribution in [1.82, 2.24) is 9.78 Å². The van der Waals surface area contributed by atoms with Crippen LogP contribution in [-0.4, -0.2) is 21.5 Å². The van der Waals surface area contributed by atoms with Crippen molar-refractivity contribution in [3.8, 4) is 0 Å². The molecule has 0 bridgehead atoms. The summed E-state index contributed by atoms with van der Waals surface area (Å²) in [6.45, 7) is 0.306. The Morgan fingerprint density at radius 2 is 2.05 bits per heavy atom. The largest absolute Gasteiger partial charge is 0.299 e. The minimum atomic E-state index is -0.501. The lowest BCUT2D eigenvalue weighted by Crippen LogP contribution is -2.29. The number of halogens is 1. The minimum Gasteiger partial charge on any atom is -0.299 e. The van der Waals surface area contributed by atoms with Crippen LogP contribution >= 0.6 is 15.9 Å². The Morgan fingerprint density at radius 3 is 2.74 bits per heavy atom. The molecular formula is C13H10BrN3O2. The smallest absolute Gasteiger partial charge is 0.299 e. The number of aromatic nitrogens is 2. The summed E-state index contributed by atoms with van der Waals surface area (Å²) in [5, 5.41) is 4.23. The molecule has 96 valence electrons. The number of anilines is 1. The van der Waals surface area contributed by atoms with Gasteiger partial charge in [0.05, 0.1) is 23.5 Å². The highest BCUT2D eigenvalue weighted by Gasteiger charge is 2.36. The van der Waals surface area contributed by atoms with Gasteiger partial charge in [0, 0.05) is 17.7 Å². The van der Waals surface area contributed by atoms with Crippen LogP contribution in [0.4, 0.5) is 5.69 Å². The summed E-state index contributed by atoms with van der Waals surface area (Å²) in [4.78, 5) is 25.4. The normalized spacial score (nSPS) is 14.1. The lowest BCUT2D eigenvalue weighted by Gasteiger charge is -2.14. The maximum atomic E-state index is 12.0. The van der Waals surface area contributed by atoms with Gasteiger partial charge in [-0.25, -0.2) is 0 Å². The molecule has 0 saturated carbocycles. The molecule has 3 rings (SSSR count). The van der Waals surface area contributed by atoms with E-state index >= 15 is 0 Å². The standard InChI is InChI=1S/C13H10BrN3O2/c1-16-5-4-9(15-16)7-17-11-3-2-8(14)6-10(11)12(18)13(17)19/h2-6H,7H2,1H3. The fourth-order valence-corrected chi connectivity index (χ4v) is 2.50. The highest BCUT2D eigenvalue weighted by atomic mass is 79.9. The summed E-state index contributed by atoms with van der Waals surface area (Å²) in [7, 11) is 1.81. The number of benzene rings is 1. The lowest BCUT2D eigenvalue weighted by molar-refractivity contribution is -0.114. The molecule has 19 heavy (non-hydrogen) atoms. The van der Waals surface area contributed by atoms with Crippen LogP contribution < -0.4 is 4.90 Å². The molecule has 1 aromatic heterocycles. The Hall–Kier alpha value is -1.95. The fourth-order valence-electron chi connectivity index (χ4n) is 2.14. The van der Waals surface area contributed by atoms with E-state index in [1.807, 2.05) is 19.2 Å². The molecule has 0 N–H and O–H groups in total. The van der Waals surface area contributed by atoms with Crippen LogP contribution in [-0.2, 0) is 18.4 Å². The van der Waals surface area contributed by atoms with E-state index in [4.69, 9.17) is 0 Å². The van der Waals surface area contributed by atoms with E-state index in [0.29, 0.717) is 17.8 Å². The van der Waals surface area contributed by atoms with Gasteiger partial charge in [-0.05, 0) is 24.3 Å². The van der Waals surface area contributed by atoms with E-state index in [-0.39, 0.29) is 0 Å². The van der Waals surface area contributed by atoms with Crippen LogP contribution in [0.5, 0.6) is 0 Å². The third-order valence-corrected chi connectivity index (χ3v) is 3.52. The van der Waals surface area contributed by atoms with Gasteiger partial charge in [0.2, 0.25) is 0 Å². The number of hydrogen-bond donors (Lipinski definition) is 0. The zero-order valence-electron chi connectivity index (χ0n) is 10.1. The van der Waals surface area contributed by atoms with Crippen molar-refractivity contribution in [3.63, 3.8) is 0 Å². The van der Waals surface area contributed by atoms with Gasteiger partial charge in [-0.3, -0.25) is 19.2 Å². The van der Waals surface area contributed by atoms with Gasteiger partial charge in [0.15, 0.2) is 0 Å². The molecule has 2 aromatic rings. The second kappa shape index (κ2) is 4.31. The molecule has 1 amide bonds. The number of nitrogens with zero attached hydrogens (tertiary/aromatic N) is 3. The summed E-state index contributed by atoms with van der Waals surface area (Å²) < 4.78 is 2.45. The topological polar surface area (TPSA) is 55.2 Å². The van der Waals surface area contributed by atoms with Crippen molar-refractivity contribution in [3.05, 3.63) is 46.2 Å². The van der Waals surface area contributed by atoms with Crippen LogP contribution in [0.2, 0.25) is 0 Å². The predicted molar refractivity (Wildman–Crippen MR) is 72.9 cm³/mol. The molecule has 5 nitrogen and oxygen atoms in total. The number of fused-ring (bicyclic) bond motifs is 1. The van der Waals surface area contributed by atoms with Crippen molar-refractivity contribution >= 4 is 33.3 Å². The molecule has 0 aliphatic carbocycles. The average Bonchev–Trinajstić information content (AvgIpc) is 2.88. The summed E-state index contributed by atoms with van der Waals surface area (Å²) in [6, 6.07) is 7.09. The summed E-state index contributed by atoms with van der Waals surface area (Å²) in [5.41, 5.74) is 1.83. The van der Waals surface area contributed by atoms with E-state index < -0.39 is 11.7 Å². The van der Waals surface area contributed by atoms with Gasteiger partial charge in [0.1, 0.15) is 0 Å². The van der Waals surface area contributed by atoms with E-state index in [2.05, 4.69) is 21.0 Å². The van der Waals surface area contributed by atoms with E-state index in [9.17, 15) is 9.59 Å². The molecule has 1 aromatic carbocycles. The number of carbonyl (C=O) groups is 2. The Morgan fingerprint density at radius 1 is 1.26 bits per heavy atom. The zero-order valence-corrected chi connectivity index (χ0v) is 11.7. The highest BCUT2D eigenvalue weighted by molar-refractivity contribution is 9.10. The molecule has 2 heterocycles. The van der Waals surface area contributed by atoms with Gasteiger partial charge in [-0.1, -0.05) is 15.9 Å². The molecule has 1 aliphatic rings. The van der Waals surface area contributed by atoms with E-state index in [1.54, 1.807) is 23.0 Å². The molecule has 0 spiro atoms. The number of ketones is 1. The van der Waals surface area contributed by atoms with Crippen LogP contribution in [0.1, 0.15) is 16.1 Å². The maximum Gasteiger partial charge on any atom is 0.299 e. The average molecular weight is 320 g/mol. The number of hydrogen-bond acceptors (Lipinski definition) is 3. The van der Waals surface area contributed by atoms with E-state index in [1.165, 1.54) is 4.90 Å². The van der Waals surface area contributed by atoms with Gasteiger partial charge in [-0.2, -0.15) is 5.10 Å². The number of rotatable bonds is 2. The molecular weight excluding hydrogens is 310 g/mol. The summed E-state index contributed by atoms with van der Waals surface area (Å²) >= 11 is 3.30. The van der Waals surface area contributed by atoms with Gasteiger partial charge in [-0.15, -0.1) is 0 Å². The second-order valence-corrected chi connectivity index (χ2v) is 5.28. The molecule has 1 aliphatic heterocycles. The van der Waals surface area contributed by atoms with Crippen LogP contribution in [0.15, 0.2) is 34.9 Å². The second-order valence-electron chi connectivity index (χ2n) is 4.36. The van der Waals surface area contributed by atoms with Crippen molar-refractivity contribution in [1.29, 1.82) is 0 Å².